The minimum atomic E-state index is -4.64. The van der Waals surface area contributed by atoms with Gasteiger partial charge in [0.25, 0.3) is 6.47 Å². The molecule has 5 atom stereocenters. The first-order chi connectivity index (χ1) is 50.6. The summed E-state index contributed by atoms with van der Waals surface area (Å²) < 4.78 is 60.4. The van der Waals surface area contributed by atoms with Gasteiger partial charge in [-0.3, -0.25) is 52.7 Å². The molecule has 0 aromatic heterocycles. The molecule has 1 rings (SSSR count). The van der Waals surface area contributed by atoms with Gasteiger partial charge in [0, 0.05) is 83.3 Å². The zero-order valence-electron chi connectivity index (χ0n) is 68.1. The first kappa shape index (κ1) is 130. The van der Waals surface area contributed by atoms with Gasteiger partial charge in [-0.2, -0.15) is 13.2 Å². The number of ketones is 8. The maximum atomic E-state index is 11.9. The third-order valence-electron chi connectivity index (χ3n) is 11.6. The Bertz CT molecular complexity index is 2590. The molecule has 1 fully saturated rings. The Morgan fingerprint density at radius 2 is 0.918 bits per heavy atom. The summed E-state index contributed by atoms with van der Waals surface area (Å²) >= 11 is 8.36. The topological polar surface area (TPSA) is 551 Å². The molecule has 41 heteroatoms. The summed E-state index contributed by atoms with van der Waals surface area (Å²) in [5.41, 5.74) is 12.3. The minimum absolute atomic E-state index is 0. The van der Waals surface area contributed by atoms with Crippen molar-refractivity contribution in [3.8, 4) is 0 Å². The van der Waals surface area contributed by atoms with Crippen LogP contribution in [0.15, 0.2) is 0 Å². The number of carboxylic acid groups (broad SMARTS) is 1. The van der Waals surface area contributed by atoms with Gasteiger partial charge >= 0.3 is 108 Å². The quantitative estimate of drug-likeness (QED) is 0.00847. The minimum Gasteiger partial charge on any atom is 1.00 e. The number of nitrogens with two attached hydrogens (primary N) is 2. The molecule has 0 aromatic rings. The van der Waals surface area contributed by atoms with E-state index in [1.54, 1.807) is 76.2 Å². The Kier molecular flexibility index (Phi) is 102. The molecule has 1 heterocycles. The van der Waals surface area contributed by atoms with Crippen LogP contribution in [0.3, 0.4) is 0 Å². The molecule has 0 aromatic carbocycles. The predicted octanol–water partition coefficient (Wildman–Crippen LogP) is 2.10. The SMILES string of the molecule is CC.CC.CC(=O)CC1CCNC1=O.CC(CCNC(=O)OC(C)(C)C)C(=O)OCC(=O)O.CCC(=O)CO.CCC(=O)COC(=O)C(CCN)CC(C)=O.CCC(=O)COC(=O)C(CCNC(=O)OC(C)(C)C)CC(C)=O.CCC(=O)COC(=O)C(CC[NH3+])CC(C)=O.CN.O=CC(F)(F)F.O=CO[O-].S=[P+]=S.[Na+]. The van der Waals surface area contributed by atoms with E-state index < -0.39 is 96.0 Å². The number of quaternary nitrogens is 1. The van der Waals surface area contributed by atoms with Crippen molar-refractivity contribution in [2.45, 2.75) is 232 Å². The van der Waals surface area contributed by atoms with Crippen LogP contribution in [-0.2, 0) is 134 Å². The van der Waals surface area contributed by atoms with Crippen molar-refractivity contribution >= 4 is 137 Å². The van der Waals surface area contributed by atoms with E-state index in [2.05, 4.69) is 60.7 Å². The van der Waals surface area contributed by atoms with Gasteiger partial charge in [-0.25, -0.2) is 14.4 Å². The molecule has 5 unspecified atom stereocenters. The molecule has 0 saturated carbocycles. The van der Waals surface area contributed by atoms with Crippen molar-refractivity contribution in [3.63, 3.8) is 0 Å². The number of carbonyl (C=O) groups is 18. The molecule has 0 aliphatic carbocycles. The number of carboxylic acids is 1. The van der Waals surface area contributed by atoms with Gasteiger partial charge in [0.05, 0.1) is 30.2 Å². The molecular weight excluding hydrogens is 1540 g/mol. The summed E-state index contributed by atoms with van der Waals surface area (Å²) in [6, 6.07) is 0. The van der Waals surface area contributed by atoms with E-state index in [9.17, 15) is 89.9 Å². The standard InChI is InChI=1S/C16H27NO6.C12H21NO6.2C11H19NO4.C7H11NO2.C4H8O2.C2HF3O.2C2H6.CH5N.CH2O3.Na.PS2/c1-6-13(19)10-22-14(20)12(9-11(2)18)7-8-17-15(21)23-16(3,4)5;1-8(10(16)18-7-9(14)15)5-6-13-11(17)19-12(2,3)4;2*1-3-10(14)7-16-11(15)9(4-5-12)6-8(2)13;1-5(9)4-6-2-3-8-7(6)10;1-2-4(6)3-5;3-2(4,5)1-6;3*1-2;2-1-4-3;;2-1-3/h12H,6-10H2,1-5H3,(H,17,21);8H,5-7H2,1-4H3,(H,13,17)(H,14,15);2*9H,3-7,12H2,1-2H3;6H,2-4H2,1H3,(H,8,10);5H,2-3H2,1H3;1H;2*1-2H3;2H2,1H3;1,3H;;/q;;;;;;;;;;;2*+1. The Balaban J connectivity index is -0.000000102. The third-order valence-corrected chi connectivity index (χ3v) is 11.6. The van der Waals surface area contributed by atoms with Crippen molar-refractivity contribution < 1.29 is 184 Å². The van der Waals surface area contributed by atoms with E-state index in [1.807, 2.05) is 27.7 Å². The number of aliphatic carboxylic acids is 1. The van der Waals surface area contributed by atoms with Crippen molar-refractivity contribution in [2.24, 2.45) is 41.1 Å². The van der Waals surface area contributed by atoms with E-state index >= 15 is 0 Å². The number of esters is 4. The molecule has 1 saturated heterocycles. The summed E-state index contributed by atoms with van der Waals surface area (Å²) in [4.78, 5) is 197. The Morgan fingerprint density at radius 3 is 1.15 bits per heavy atom. The number of hydrogen-bond donors (Lipinski definition) is 8. The summed E-state index contributed by atoms with van der Waals surface area (Å²) in [7, 11) is 1.50. The van der Waals surface area contributed by atoms with Crippen LogP contribution in [0.25, 0.3) is 0 Å². The summed E-state index contributed by atoms with van der Waals surface area (Å²) in [6.45, 7) is 32.8. The maximum absolute atomic E-state index is 11.9. The number of aliphatic hydroxyl groups is 1. The first-order valence-corrected chi connectivity index (χ1v) is 37.5. The predicted molar refractivity (Wildman–Crippen MR) is 399 cm³/mol. The number of carbonyl (C=O) groups excluding carboxylic acids is 17. The van der Waals surface area contributed by atoms with Crippen LogP contribution in [0.1, 0.15) is 215 Å². The summed E-state index contributed by atoms with van der Waals surface area (Å²) in [5, 5.41) is 32.5. The number of amides is 3. The fraction of sp³-hybridized carbons (Fsp3) is 0.739. The van der Waals surface area contributed by atoms with E-state index in [0.29, 0.717) is 64.2 Å². The second-order valence-corrected chi connectivity index (χ2v) is 25.5. The van der Waals surface area contributed by atoms with Crippen LogP contribution in [0, 0.1) is 29.6 Å². The van der Waals surface area contributed by atoms with Crippen LogP contribution in [0.4, 0.5) is 22.8 Å². The molecule has 636 valence electrons. The number of alkyl halides is 3. The number of ether oxygens (including phenoxy) is 6. The van der Waals surface area contributed by atoms with Crippen molar-refractivity contribution in [1.29, 1.82) is 0 Å². The number of halogens is 3. The molecule has 110 heavy (non-hydrogen) atoms. The normalized spacial score (nSPS) is 11.9. The first-order valence-electron chi connectivity index (χ1n) is 34.6. The van der Waals surface area contributed by atoms with Crippen LogP contribution in [0.5, 0.6) is 0 Å². The monoisotopic (exact) mass is 1660 g/mol. The van der Waals surface area contributed by atoms with Crippen molar-refractivity contribution in [2.75, 3.05) is 72.8 Å². The average Bonchev–Trinajstić information content (AvgIpc) is 1.66. The fourth-order valence-electron chi connectivity index (χ4n) is 6.57. The van der Waals surface area contributed by atoms with Gasteiger partial charge in [-0.1, -0.05) is 62.3 Å². The molecule has 34 nitrogen and oxygen atoms in total. The number of aldehydes is 1. The van der Waals surface area contributed by atoms with Gasteiger partial charge in [-0.05, 0) is 109 Å². The second kappa shape index (κ2) is 86.3. The molecule has 3 amide bonds. The van der Waals surface area contributed by atoms with E-state index in [4.69, 9.17) is 54.5 Å². The van der Waals surface area contributed by atoms with Crippen LogP contribution >= 0.6 is 6.13 Å². The van der Waals surface area contributed by atoms with Gasteiger partial charge in [-0.15, -0.1) is 0 Å². The number of rotatable bonds is 36. The number of Topliss-reactive ketones (excluding diaryl/α,β-unsaturated/α-hetero) is 8. The Labute approximate surface area is 678 Å². The average molecular weight is 1660 g/mol. The zero-order chi connectivity index (χ0) is 88.1. The number of alkyl carbamates (subject to hydrolysis) is 2. The smallest absolute Gasteiger partial charge is 1.00 e. The second-order valence-electron chi connectivity index (χ2n) is 23.5. The van der Waals surface area contributed by atoms with E-state index in [-0.39, 0.29) is 166 Å². The molecule has 0 radical (unpaired) electrons. The third kappa shape index (κ3) is 108. The van der Waals surface area contributed by atoms with Crippen LogP contribution < -0.4 is 68.0 Å². The summed E-state index contributed by atoms with van der Waals surface area (Å²) in [6.07, 6.45) is -1.85. The molecule has 0 bridgehead atoms. The fourth-order valence-corrected chi connectivity index (χ4v) is 6.57. The zero-order valence-corrected chi connectivity index (χ0v) is 72.6. The van der Waals surface area contributed by atoms with Gasteiger partial charge in [0.1, 0.15) is 60.8 Å². The van der Waals surface area contributed by atoms with Gasteiger partial charge < -0.3 is 101 Å². The Morgan fingerprint density at radius 1 is 0.609 bits per heavy atom. The largest absolute Gasteiger partial charge is 1.00 e. The number of nitrogens with one attached hydrogen (secondary N) is 3. The van der Waals surface area contributed by atoms with Crippen molar-refractivity contribution in [3.05, 3.63) is 0 Å². The molecule has 1 aliphatic rings. The number of aliphatic hydroxyl groups excluding tert-OH is 1. The van der Waals surface area contributed by atoms with Crippen molar-refractivity contribution in [1.82, 2.24) is 16.0 Å². The van der Waals surface area contributed by atoms with Gasteiger partial charge in [0.15, 0.2) is 29.7 Å². The van der Waals surface area contributed by atoms with Crippen LogP contribution in [0.2, 0.25) is 0 Å². The summed E-state index contributed by atoms with van der Waals surface area (Å²) in [5.74, 6) is -6.31. The molecular formula is C69H125F3N6NaO28PS2+2. The molecule has 0 spiro atoms. The Hall–Kier alpha value is -6.68. The molecule has 12 N–H and O–H groups in total. The van der Waals surface area contributed by atoms with Crippen LogP contribution in [-0.4, -0.2) is 207 Å². The van der Waals surface area contributed by atoms with E-state index in [0.717, 1.165) is 13.0 Å². The van der Waals surface area contributed by atoms with Gasteiger partial charge in [0.2, 0.25) is 12.2 Å². The molecule has 1 aliphatic heterocycles. The van der Waals surface area contributed by atoms with E-state index in [1.165, 1.54) is 34.7 Å². The number of hydrogen-bond acceptors (Lipinski definition) is 31. The maximum Gasteiger partial charge on any atom is 1.00 e.